The number of carbonyl (C=O) groups excluding carboxylic acids is 2. The number of amides is 2. The molecule has 2 amide bonds. The first-order valence-electron chi connectivity index (χ1n) is 8.29. The Morgan fingerprint density at radius 2 is 1.72 bits per heavy atom. The molecule has 0 saturated carbocycles. The average Bonchev–Trinajstić information content (AvgIpc) is 2.55. The Bertz CT molecular complexity index is 593. The molecule has 0 spiro atoms. The molecule has 0 radical (unpaired) electrons. The highest BCUT2D eigenvalue weighted by Crippen LogP contribution is 2.24. The van der Waals surface area contributed by atoms with Gasteiger partial charge in [0, 0.05) is 24.7 Å². The molecule has 0 bridgehead atoms. The lowest BCUT2D eigenvalue weighted by atomic mass is 9.85. The molecule has 7 heteroatoms. The third-order valence-electron chi connectivity index (χ3n) is 4.49. The molecule has 1 aromatic rings. The number of carbonyl (C=O) groups is 2. The van der Waals surface area contributed by atoms with Gasteiger partial charge in [-0.25, -0.2) is 4.39 Å². The Kier molecular flexibility index (Phi) is 7.38. The maximum Gasteiger partial charge on any atom is 0.240 e. The van der Waals surface area contributed by atoms with E-state index in [4.69, 9.17) is 5.73 Å². The van der Waals surface area contributed by atoms with E-state index in [0.29, 0.717) is 31.6 Å². The number of nitrogens with two attached hydrogens (primary N) is 1. The van der Waals surface area contributed by atoms with Gasteiger partial charge in [-0.05, 0) is 42.5 Å². The number of piperidine rings is 1. The normalized spacial score (nSPS) is 16.8. The van der Waals surface area contributed by atoms with Crippen molar-refractivity contribution >= 4 is 29.9 Å². The van der Waals surface area contributed by atoms with E-state index in [2.05, 4.69) is 5.32 Å². The number of nitrogens with one attached hydrogen (secondary N) is 1. The van der Waals surface area contributed by atoms with Gasteiger partial charge in [-0.3, -0.25) is 9.59 Å². The van der Waals surface area contributed by atoms with Gasteiger partial charge in [0.15, 0.2) is 0 Å². The summed E-state index contributed by atoms with van der Waals surface area (Å²) >= 11 is 0. The number of halogens is 2. The number of likely N-dealkylation sites (tertiary alicyclic amines) is 1. The van der Waals surface area contributed by atoms with Crippen LogP contribution in [0.25, 0.3) is 0 Å². The highest BCUT2D eigenvalue weighted by molar-refractivity contribution is 5.92. The zero-order chi connectivity index (χ0) is 17.9. The van der Waals surface area contributed by atoms with Gasteiger partial charge in [0.25, 0.3) is 0 Å². The number of hydrogen-bond donors (Lipinski definition) is 2. The first-order valence-corrected chi connectivity index (χ1v) is 8.29. The van der Waals surface area contributed by atoms with Crippen LogP contribution in [0, 0.1) is 17.2 Å². The van der Waals surface area contributed by atoms with E-state index in [-0.39, 0.29) is 41.4 Å². The lowest BCUT2D eigenvalue weighted by molar-refractivity contribution is -0.137. The van der Waals surface area contributed by atoms with Crippen LogP contribution < -0.4 is 11.1 Å². The van der Waals surface area contributed by atoms with Gasteiger partial charge in [-0.2, -0.15) is 0 Å². The molecule has 1 aliphatic heterocycles. The summed E-state index contributed by atoms with van der Waals surface area (Å²) in [4.78, 5) is 26.4. The minimum Gasteiger partial charge on any atom is -0.341 e. The maximum absolute atomic E-state index is 12.9. The molecule has 1 aromatic carbocycles. The van der Waals surface area contributed by atoms with Crippen LogP contribution in [0.2, 0.25) is 0 Å². The molecular formula is C18H27ClFN3O2. The minimum atomic E-state index is -0.540. The summed E-state index contributed by atoms with van der Waals surface area (Å²) in [6.45, 7) is 6.89. The SMILES string of the molecule is CC(C)(C)[C@H](N)C(=O)N1CCC(C(=O)Nc2ccc(F)cc2)CC1.Cl. The second kappa shape index (κ2) is 8.63. The second-order valence-electron chi connectivity index (χ2n) is 7.44. The van der Waals surface area contributed by atoms with E-state index in [1.165, 1.54) is 24.3 Å². The zero-order valence-electron chi connectivity index (χ0n) is 14.9. The van der Waals surface area contributed by atoms with Crippen LogP contribution in [0.3, 0.4) is 0 Å². The van der Waals surface area contributed by atoms with E-state index < -0.39 is 6.04 Å². The Morgan fingerprint density at radius 1 is 1.20 bits per heavy atom. The average molecular weight is 372 g/mol. The lowest BCUT2D eigenvalue weighted by Gasteiger charge is -2.36. The van der Waals surface area contributed by atoms with Crippen LogP contribution in [0.15, 0.2) is 24.3 Å². The molecule has 2 rings (SSSR count). The molecule has 5 nitrogen and oxygen atoms in total. The van der Waals surface area contributed by atoms with Gasteiger partial charge in [-0.1, -0.05) is 20.8 Å². The van der Waals surface area contributed by atoms with E-state index in [0.717, 1.165) is 0 Å². The fourth-order valence-corrected chi connectivity index (χ4v) is 2.71. The van der Waals surface area contributed by atoms with Gasteiger partial charge >= 0.3 is 0 Å². The van der Waals surface area contributed by atoms with Gasteiger partial charge in [-0.15, -0.1) is 12.4 Å². The van der Waals surface area contributed by atoms with Gasteiger partial charge in [0.05, 0.1) is 6.04 Å². The monoisotopic (exact) mass is 371 g/mol. The number of nitrogens with zero attached hydrogens (tertiary/aromatic N) is 1. The molecule has 1 atom stereocenters. The van der Waals surface area contributed by atoms with Crippen LogP contribution in [-0.2, 0) is 9.59 Å². The molecule has 3 N–H and O–H groups in total. The summed E-state index contributed by atoms with van der Waals surface area (Å²) in [7, 11) is 0. The van der Waals surface area contributed by atoms with Crippen molar-refractivity contribution in [1.29, 1.82) is 0 Å². The van der Waals surface area contributed by atoms with Gasteiger partial charge < -0.3 is 16.0 Å². The maximum atomic E-state index is 12.9. The lowest BCUT2D eigenvalue weighted by Crippen LogP contribution is -2.53. The molecule has 140 valence electrons. The molecular weight excluding hydrogens is 345 g/mol. The third kappa shape index (κ3) is 5.68. The largest absolute Gasteiger partial charge is 0.341 e. The zero-order valence-corrected chi connectivity index (χ0v) is 15.7. The Labute approximate surface area is 154 Å². The van der Waals surface area contributed by atoms with Crippen molar-refractivity contribution in [3.05, 3.63) is 30.1 Å². The number of anilines is 1. The van der Waals surface area contributed by atoms with Crippen molar-refractivity contribution in [3.63, 3.8) is 0 Å². The topological polar surface area (TPSA) is 75.4 Å². The van der Waals surface area contributed by atoms with Crippen LogP contribution >= 0.6 is 12.4 Å². The quantitative estimate of drug-likeness (QED) is 0.857. The third-order valence-corrected chi connectivity index (χ3v) is 4.49. The predicted molar refractivity (Wildman–Crippen MR) is 99.0 cm³/mol. The molecule has 1 aliphatic rings. The smallest absolute Gasteiger partial charge is 0.240 e. The standard InChI is InChI=1S/C18H26FN3O2.ClH/c1-18(2,3)15(20)17(24)22-10-8-12(9-11-22)16(23)21-14-6-4-13(19)5-7-14;/h4-7,12,15H,8-11,20H2,1-3H3,(H,21,23);1H/t15-;/m1./s1. The highest BCUT2D eigenvalue weighted by atomic mass is 35.5. The molecule has 0 aliphatic carbocycles. The fraction of sp³-hybridized carbons (Fsp3) is 0.556. The summed E-state index contributed by atoms with van der Waals surface area (Å²) < 4.78 is 12.9. The Balaban J connectivity index is 0.00000312. The molecule has 1 heterocycles. The highest BCUT2D eigenvalue weighted by Gasteiger charge is 2.34. The molecule has 25 heavy (non-hydrogen) atoms. The summed E-state index contributed by atoms with van der Waals surface area (Å²) in [5, 5.41) is 2.80. The van der Waals surface area contributed by atoms with Gasteiger partial charge in [0.2, 0.25) is 11.8 Å². The number of hydrogen-bond acceptors (Lipinski definition) is 3. The van der Waals surface area contributed by atoms with E-state index in [1.54, 1.807) is 4.90 Å². The first kappa shape index (κ1) is 21.4. The van der Waals surface area contributed by atoms with Crippen molar-refractivity contribution in [1.82, 2.24) is 4.90 Å². The van der Waals surface area contributed by atoms with Crippen molar-refractivity contribution in [2.75, 3.05) is 18.4 Å². The van der Waals surface area contributed by atoms with Crippen LogP contribution in [0.4, 0.5) is 10.1 Å². The van der Waals surface area contributed by atoms with Crippen molar-refractivity contribution < 1.29 is 14.0 Å². The minimum absolute atomic E-state index is 0. The summed E-state index contributed by atoms with van der Waals surface area (Å²) in [5.41, 5.74) is 6.33. The van der Waals surface area contributed by atoms with E-state index >= 15 is 0 Å². The van der Waals surface area contributed by atoms with Crippen LogP contribution in [0.5, 0.6) is 0 Å². The second-order valence-corrected chi connectivity index (χ2v) is 7.44. The fourth-order valence-electron chi connectivity index (χ4n) is 2.71. The summed E-state index contributed by atoms with van der Waals surface area (Å²) in [6.07, 6.45) is 1.21. The predicted octanol–water partition coefficient (Wildman–Crippen LogP) is 2.80. The van der Waals surface area contributed by atoms with Crippen LogP contribution in [-0.4, -0.2) is 35.8 Å². The Morgan fingerprint density at radius 3 is 2.20 bits per heavy atom. The van der Waals surface area contributed by atoms with Crippen LogP contribution in [0.1, 0.15) is 33.6 Å². The Hall–Kier alpha value is -1.66. The van der Waals surface area contributed by atoms with E-state index in [1.807, 2.05) is 20.8 Å². The van der Waals surface area contributed by atoms with Crippen molar-refractivity contribution in [3.8, 4) is 0 Å². The number of benzene rings is 1. The van der Waals surface area contributed by atoms with Gasteiger partial charge in [0.1, 0.15) is 5.82 Å². The molecule has 0 unspecified atom stereocenters. The molecule has 1 fully saturated rings. The van der Waals surface area contributed by atoms with Crippen molar-refractivity contribution in [2.45, 2.75) is 39.7 Å². The summed E-state index contributed by atoms with van der Waals surface area (Å²) in [5.74, 6) is -0.631. The van der Waals surface area contributed by atoms with Crippen molar-refractivity contribution in [2.24, 2.45) is 17.1 Å². The molecule has 0 aromatic heterocycles. The molecule has 1 saturated heterocycles. The number of rotatable bonds is 3. The van der Waals surface area contributed by atoms with E-state index in [9.17, 15) is 14.0 Å². The summed E-state index contributed by atoms with van der Waals surface area (Å²) in [6, 6.07) is 5.15. The first-order chi connectivity index (χ1) is 11.2.